The van der Waals surface area contributed by atoms with Crippen LogP contribution in [0.5, 0.6) is 0 Å². The molecular weight excluding hydrogens is 413 g/mol. The fraction of sp³-hybridized carbons (Fsp3) is 0.375. The molecule has 0 spiro atoms. The second-order valence-corrected chi connectivity index (χ2v) is 8.99. The molecule has 1 aliphatic rings. The highest BCUT2D eigenvalue weighted by Crippen LogP contribution is 2.24. The molecule has 2 aromatic carbocycles. The molecule has 0 saturated carbocycles. The van der Waals surface area contributed by atoms with Gasteiger partial charge < -0.3 is 9.80 Å². The van der Waals surface area contributed by atoms with Crippen LogP contribution >= 0.6 is 11.3 Å². The van der Waals surface area contributed by atoms with Crippen LogP contribution in [0.3, 0.4) is 0 Å². The Morgan fingerprint density at radius 1 is 1.06 bits per heavy atom. The van der Waals surface area contributed by atoms with Crippen LogP contribution in [0.2, 0.25) is 0 Å². The summed E-state index contributed by atoms with van der Waals surface area (Å²) in [4.78, 5) is 32.4. The molecule has 0 N–H and O–H groups in total. The van der Waals surface area contributed by atoms with Gasteiger partial charge in [0.2, 0.25) is 5.91 Å². The molecule has 0 unspecified atom stereocenters. The summed E-state index contributed by atoms with van der Waals surface area (Å²) in [5.41, 5.74) is 1.91. The summed E-state index contributed by atoms with van der Waals surface area (Å²) in [6.45, 7) is 3.79. The van der Waals surface area contributed by atoms with E-state index in [1.54, 1.807) is 23.5 Å². The van der Waals surface area contributed by atoms with E-state index in [9.17, 15) is 14.0 Å². The number of nitrogens with zero attached hydrogens (tertiary/aromatic N) is 3. The number of hydrogen-bond donors (Lipinski definition) is 0. The lowest BCUT2D eigenvalue weighted by molar-refractivity contribution is -0.131. The van der Waals surface area contributed by atoms with Gasteiger partial charge in [0.15, 0.2) is 5.78 Å². The molecule has 1 amide bonds. The topological polar surface area (TPSA) is 53.5 Å². The number of fused-ring (bicyclic) bond motifs is 1. The summed E-state index contributed by atoms with van der Waals surface area (Å²) >= 11 is 1.72. The summed E-state index contributed by atoms with van der Waals surface area (Å²) in [6, 6.07) is 12.7. The average molecular weight is 440 g/mol. The van der Waals surface area contributed by atoms with E-state index in [2.05, 4.69) is 11.1 Å². The van der Waals surface area contributed by atoms with Crippen molar-refractivity contribution in [2.45, 2.75) is 32.6 Å². The van der Waals surface area contributed by atoms with Crippen molar-refractivity contribution in [3.05, 3.63) is 58.9 Å². The molecule has 2 heterocycles. The first kappa shape index (κ1) is 21.4. The van der Waals surface area contributed by atoms with Gasteiger partial charge >= 0.3 is 0 Å². The molecule has 1 aromatic heterocycles. The van der Waals surface area contributed by atoms with E-state index in [1.807, 2.05) is 28.0 Å². The molecule has 7 heteroatoms. The van der Waals surface area contributed by atoms with Gasteiger partial charge in [-0.05, 0) is 56.5 Å². The fourth-order valence-electron chi connectivity index (χ4n) is 3.92. The van der Waals surface area contributed by atoms with Gasteiger partial charge in [-0.15, -0.1) is 11.3 Å². The molecule has 0 radical (unpaired) electrons. The van der Waals surface area contributed by atoms with Gasteiger partial charge in [0.05, 0.1) is 20.9 Å². The summed E-state index contributed by atoms with van der Waals surface area (Å²) in [6.07, 6.45) is 3.22. The van der Waals surface area contributed by atoms with Gasteiger partial charge in [-0.1, -0.05) is 12.1 Å². The first-order chi connectivity index (χ1) is 15.0. The fourth-order valence-corrected chi connectivity index (χ4v) is 4.93. The van der Waals surface area contributed by atoms with E-state index >= 15 is 0 Å². The predicted molar refractivity (Wildman–Crippen MR) is 122 cm³/mol. The third-order valence-electron chi connectivity index (χ3n) is 5.70. The maximum absolute atomic E-state index is 14.4. The monoisotopic (exact) mass is 439 g/mol. The average Bonchev–Trinajstić information content (AvgIpc) is 3.19. The van der Waals surface area contributed by atoms with Crippen LogP contribution in [0.4, 0.5) is 10.1 Å². The number of Topliss-reactive ketones (excluding diaryl/α,β-unsaturated/α-hetero) is 1. The molecule has 0 aliphatic carbocycles. The van der Waals surface area contributed by atoms with Gasteiger partial charge in [-0.3, -0.25) is 9.59 Å². The molecule has 31 heavy (non-hydrogen) atoms. The van der Waals surface area contributed by atoms with Crippen molar-refractivity contribution in [2.24, 2.45) is 0 Å². The van der Waals surface area contributed by atoms with Crippen LogP contribution in [0.1, 0.15) is 41.6 Å². The Labute approximate surface area is 185 Å². The van der Waals surface area contributed by atoms with Gasteiger partial charge in [-0.25, -0.2) is 9.37 Å². The van der Waals surface area contributed by atoms with Crippen molar-refractivity contribution in [2.75, 3.05) is 31.1 Å². The van der Waals surface area contributed by atoms with Crippen LogP contribution in [0.25, 0.3) is 10.2 Å². The van der Waals surface area contributed by atoms with Gasteiger partial charge in [0.1, 0.15) is 5.82 Å². The molecule has 5 nitrogen and oxygen atoms in total. The number of thiazole rings is 1. The van der Waals surface area contributed by atoms with Crippen molar-refractivity contribution >= 4 is 38.9 Å². The number of anilines is 1. The third kappa shape index (κ3) is 5.10. The third-order valence-corrected chi connectivity index (χ3v) is 6.79. The predicted octanol–water partition coefficient (Wildman–Crippen LogP) is 4.70. The van der Waals surface area contributed by atoms with Crippen LogP contribution < -0.4 is 4.90 Å². The smallest absolute Gasteiger partial charge is 0.222 e. The number of aromatic nitrogens is 1. The number of carbonyl (C=O) groups excluding carboxylic acids is 2. The number of aryl methyl sites for hydroxylation is 1. The number of ketones is 1. The van der Waals surface area contributed by atoms with E-state index in [0.717, 1.165) is 29.8 Å². The standard InChI is InChI=1S/C24H26FN3O2S/c1-17(29)18-10-11-21(19(25)16-18)27-12-14-28(15-13-27)24(30)9-5-4-8-23-26-20-6-2-3-7-22(20)31-23/h2-3,6-7,10-11,16H,4-5,8-9,12-15H2,1H3. The van der Waals surface area contributed by atoms with Crippen molar-refractivity contribution in [3.8, 4) is 0 Å². The first-order valence-electron chi connectivity index (χ1n) is 10.7. The van der Waals surface area contributed by atoms with E-state index in [4.69, 9.17) is 0 Å². The number of hydrogen-bond acceptors (Lipinski definition) is 5. The zero-order valence-electron chi connectivity index (χ0n) is 17.6. The Hall–Kier alpha value is -2.80. The normalized spacial score (nSPS) is 14.3. The Morgan fingerprint density at radius 3 is 2.55 bits per heavy atom. The van der Waals surface area contributed by atoms with Crippen molar-refractivity contribution in [1.82, 2.24) is 9.88 Å². The number of rotatable bonds is 7. The number of unbranched alkanes of at least 4 members (excludes halogenated alkanes) is 1. The molecule has 4 rings (SSSR count). The second kappa shape index (κ2) is 9.56. The lowest BCUT2D eigenvalue weighted by atomic mass is 10.1. The highest BCUT2D eigenvalue weighted by Gasteiger charge is 2.23. The molecule has 1 fully saturated rings. The zero-order valence-corrected chi connectivity index (χ0v) is 18.5. The van der Waals surface area contributed by atoms with Crippen LogP contribution in [0, 0.1) is 5.82 Å². The number of halogens is 1. The molecule has 3 aromatic rings. The Bertz CT molecular complexity index is 1060. The molecule has 1 aliphatic heterocycles. The molecule has 162 valence electrons. The molecule has 0 atom stereocenters. The van der Waals surface area contributed by atoms with Crippen LogP contribution in [-0.2, 0) is 11.2 Å². The first-order valence-corrected chi connectivity index (χ1v) is 11.5. The molecule has 0 bridgehead atoms. The van der Waals surface area contributed by atoms with Crippen molar-refractivity contribution < 1.29 is 14.0 Å². The van der Waals surface area contributed by atoms with E-state index in [-0.39, 0.29) is 17.5 Å². The quantitative estimate of drug-likeness (QED) is 0.396. The Balaban J connectivity index is 1.21. The number of piperazine rings is 1. The van der Waals surface area contributed by atoms with Gasteiger partial charge in [-0.2, -0.15) is 0 Å². The Kier molecular flexibility index (Phi) is 6.61. The Morgan fingerprint density at radius 2 is 1.84 bits per heavy atom. The number of amides is 1. The van der Waals surface area contributed by atoms with Gasteiger partial charge in [0, 0.05) is 38.2 Å². The minimum atomic E-state index is -0.387. The number of carbonyl (C=O) groups is 2. The summed E-state index contributed by atoms with van der Waals surface area (Å²) < 4.78 is 15.6. The minimum Gasteiger partial charge on any atom is -0.366 e. The van der Waals surface area contributed by atoms with Crippen molar-refractivity contribution in [1.29, 1.82) is 0 Å². The maximum Gasteiger partial charge on any atom is 0.222 e. The summed E-state index contributed by atoms with van der Waals surface area (Å²) in [5.74, 6) is -0.373. The van der Waals surface area contributed by atoms with Crippen LogP contribution in [0.15, 0.2) is 42.5 Å². The van der Waals surface area contributed by atoms with Gasteiger partial charge in [0.25, 0.3) is 0 Å². The minimum absolute atomic E-state index is 0.149. The lowest BCUT2D eigenvalue weighted by Crippen LogP contribution is -2.49. The number of benzene rings is 2. The summed E-state index contributed by atoms with van der Waals surface area (Å²) in [5, 5.41) is 1.13. The second-order valence-electron chi connectivity index (χ2n) is 7.87. The molecular formula is C24H26FN3O2S. The van der Waals surface area contributed by atoms with E-state index < -0.39 is 0 Å². The molecule has 1 saturated heterocycles. The highest BCUT2D eigenvalue weighted by molar-refractivity contribution is 7.18. The number of para-hydroxylation sites is 1. The lowest BCUT2D eigenvalue weighted by Gasteiger charge is -2.36. The van der Waals surface area contributed by atoms with Crippen LogP contribution in [-0.4, -0.2) is 47.8 Å². The summed E-state index contributed by atoms with van der Waals surface area (Å²) in [7, 11) is 0. The SMILES string of the molecule is CC(=O)c1ccc(N2CCN(C(=O)CCCCc3nc4ccccc4s3)CC2)c(F)c1. The van der Waals surface area contributed by atoms with E-state index in [0.29, 0.717) is 43.9 Å². The zero-order chi connectivity index (χ0) is 21.8. The highest BCUT2D eigenvalue weighted by atomic mass is 32.1. The largest absolute Gasteiger partial charge is 0.366 e. The maximum atomic E-state index is 14.4. The van der Waals surface area contributed by atoms with Crippen molar-refractivity contribution in [3.63, 3.8) is 0 Å². The van der Waals surface area contributed by atoms with E-state index in [1.165, 1.54) is 17.7 Å².